The molecule has 0 rings (SSSR count). The molecule has 3 nitrogen and oxygen atoms in total. The molecule has 0 saturated carbocycles. The number of nitrogens with zero attached hydrogens (tertiary/aromatic N) is 2. The summed E-state index contributed by atoms with van der Waals surface area (Å²) in [4.78, 5) is 4.28. The summed E-state index contributed by atoms with van der Waals surface area (Å²) in [5, 5.41) is 3.33. The van der Waals surface area contributed by atoms with E-state index in [0.717, 1.165) is 6.54 Å². The van der Waals surface area contributed by atoms with E-state index in [1.165, 1.54) is 0 Å². The zero-order valence-corrected chi connectivity index (χ0v) is 7.68. The second kappa shape index (κ2) is 4.66. The molecule has 0 aliphatic heterocycles. The van der Waals surface area contributed by atoms with E-state index in [0.29, 0.717) is 6.29 Å². The molecule has 0 radical (unpaired) electrons. The van der Waals surface area contributed by atoms with Crippen LogP contribution in [0.2, 0.25) is 0 Å². The van der Waals surface area contributed by atoms with Gasteiger partial charge in [-0.25, -0.2) is 0 Å². The molecule has 0 spiro atoms. The van der Waals surface area contributed by atoms with E-state index >= 15 is 0 Å². The Morgan fingerprint density at radius 3 is 1.60 bits per heavy atom. The van der Waals surface area contributed by atoms with Crippen molar-refractivity contribution in [2.75, 3.05) is 34.7 Å². The monoisotopic (exact) mass is 145 g/mol. The summed E-state index contributed by atoms with van der Waals surface area (Å²) in [7, 11) is 8.25. The molecule has 0 aromatic carbocycles. The smallest absolute Gasteiger partial charge is 0.116 e. The van der Waals surface area contributed by atoms with Gasteiger partial charge in [0.15, 0.2) is 0 Å². The second-order valence-electron chi connectivity index (χ2n) is 2.86. The van der Waals surface area contributed by atoms with Crippen molar-refractivity contribution in [3.05, 3.63) is 0 Å². The highest BCUT2D eigenvalue weighted by atomic mass is 15.4. The van der Waals surface area contributed by atoms with Gasteiger partial charge in [0.1, 0.15) is 6.29 Å². The summed E-state index contributed by atoms with van der Waals surface area (Å²) in [5.74, 6) is 0. The molecule has 1 N–H and O–H groups in total. The Labute approximate surface area is 64.0 Å². The molecule has 10 heavy (non-hydrogen) atoms. The van der Waals surface area contributed by atoms with Crippen molar-refractivity contribution in [2.24, 2.45) is 0 Å². The molecule has 0 unspecified atom stereocenters. The van der Waals surface area contributed by atoms with Crippen LogP contribution in [0, 0.1) is 0 Å². The molecule has 0 aromatic heterocycles. The van der Waals surface area contributed by atoms with Crippen molar-refractivity contribution in [3.8, 4) is 0 Å². The fourth-order valence-corrected chi connectivity index (χ4v) is 1.01. The Hall–Kier alpha value is -0.120. The minimum Gasteiger partial charge on any atom is -0.290 e. The molecule has 0 aliphatic carbocycles. The number of rotatable bonds is 4. The fraction of sp³-hybridized carbons (Fsp3) is 1.00. The summed E-state index contributed by atoms with van der Waals surface area (Å²) < 4.78 is 0. The topological polar surface area (TPSA) is 18.5 Å². The second-order valence-corrected chi connectivity index (χ2v) is 2.86. The standard InChI is InChI=1S/C7H19N3/c1-6-8-7(9(2)3)10(4)5/h7-8H,6H2,1-5H3. The van der Waals surface area contributed by atoms with E-state index in [9.17, 15) is 0 Å². The highest BCUT2D eigenvalue weighted by Gasteiger charge is 2.10. The summed E-state index contributed by atoms with van der Waals surface area (Å²) >= 11 is 0. The zero-order valence-electron chi connectivity index (χ0n) is 7.68. The van der Waals surface area contributed by atoms with Gasteiger partial charge in [-0.3, -0.25) is 15.1 Å². The Morgan fingerprint density at radius 1 is 1.10 bits per heavy atom. The molecule has 0 atom stereocenters. The molecule has 0 fully saturated rings. The van der Waals surface area contributed by atoms with Crippen LogP contribution in [-0.2, 0) is 0 Å². The van der Waals surface area contributed by atoms with E-state index in [4.69, 9.17) is 0 Å². The number of hydrogen-bond donors (Lipinski definition) is 1. The van der Waals surface area contributed by atoms with Gasteiger partial charge in [0.2, 0.25) is 0 Å². The van der Waals surface area contributed by atoms with Crippen LogP contribution >= 0.6 is 0 Å². The van der Waals surface area contributed by atoms with Crippen LogP contribution in [0.4, 0.5) is 0 Å². The van der Waals surface area contributed by atoms with Crippen LogP contribution in [0.3, 0.4) is 0 Å². The van der Waals surface area contributed by atoms with Gasteiger partial charge in [-0.05, 0) is 34.7 Å². The van der Waals surface area contributed by atoms with Gasteiger partial charge in [-0.1, -0.05) is 6.92 Å². The third kappa shape index (κ3) is 3.15. The van der Waals surface area contributed by atoms with Gasteiger partial charge in [0, 0.05) is 0 Å². The zero-order chi connectivity index (χ0) is 8.15. The van der Waals surface area contributed by atoms with Crippen molar-refractivity contribution in [2.45, 2.75) is 13.2 Å². The lowest BCUT2D eigenvalue weighted by atomic mass is 10.6. The van der Waals surface area contributed by atoms with Gasteiger partial charge in [0.25, 0.3) is 0 Å². The fourth-order valence-electron chi connectivity index (χ4n) is 1.01. The lowest BCUT2D eigenvalue weighted by Gasteiger charge is -2.30. The minimum atomic E-state index is 0.352. The van der Waals surface area contributed by atoms with Crippen LogP contribution < -0.4 is 5.32 Å². The highest BCUT2D eigenvalue weighted by molar-refractivity contribution is 4.57. The Balaban J connectivity index is 3.73. The van der Waals surface area contributed by atoms with Gasteiger partial charge >= 0.3 is 0 Å². The van der Waals surface area contributed by atoms with E-state index in [2.05, 4.69) is 50.2 Å². The molecule has 0 saturated heterocycles. The van der Waals surface area contributed by atoms with Crippen molar-refractivity contribution in [1.82, 2.24) is 15.1 Å². The Bertz CT molecular complexity index is 72.9. The first-order valence-corrected chi connectivity index (χ1v) is 3.65. The number of nitrogens with one attached hydrogen (secondary N) is 1. The molecular formula is C7H19N3. The molecular weight excluding hydrogens is 126 g/mol. The average molecular weight is 145 g/mol. The number of hydrogen-bond acceptors (Lipinski definition) is 3. The normalized spacial score (nSPS) is 12.0. The average Bonchev–Trinajstić information content (AvgIpc) is 1.81. The summed E-state index contributed by atoms with van der Waals surface area (Å²) in [6.45, 7) is 3.11. The lowest BCUT2D eigenvalue weighted by Crippen LogP contribution is -2.50. The van der Waals surface area contributed by atoms with Crippen molar-refractivity contribution in [1.29, 1.82) is 0 Å². The predicted molar refractivity (Wildman–Crippen MR) is 44.8 cm³/mol. The van der Waals surface area contributed by atoms with Gasteiger partial charge < -0.3 is 0 Å². The molecule has 0 amide bonds. The largest absolute Gasteiger partial charge is 0.290 e. The quantitative estimate of drug-likeness (QED) is 0.562. The molecule has 0 aromatic rings. The first kappa shape index (κ1) is 9.88. The molecule has 0 aliphatic rings. The van der Waals surface area contributed by atoms with Crippen LogP contribution in [0.15, 0.2) is 0 Å². The first-order chi connectivity index (χ1) is 4.59. The Kier molecular flexibility index (Phi) is 4.60. The van der Waals surface area contributed by atoms with Crippen LogP contribution in [-0.4, -0.2) is 50.8 Å². The summed E-state index contributed by atoms with van der Waals surface area (Å²) in [6, 6.07) is 0. The van der Waals surface area contributed by atoms with Crippen LogP contribution in [0.1, 0.15) is 6.92 Å². The molecule has 0 bridgehead atoms. The van der Waals surface area contributed by atoms with Crippen molar-refractivity contribution < 1.29 is 0 Å². The minimum absolute atomic E-state index is 0.352. The Morgan fingerprint density at radius 2 is 1.50 bits per heavy atom. The summed E-state index contributed by atoms with van der Waals surface area (Å²) in [6.07, 6.45) is 0.352. The van der Waals surface area contributed by atoms with Crippen LogP contribution in [0.5, 0.6) is 0 Å². The summed E-state index contributed by atoms with van der Waals surface area (Å²) in [5.41, 5.74) is 0. The van der Waals surface area contributed by atoms with Crippen LogP contribution in [0.25, 0.3) is 0 Å². The van der Waals surface area contributed by atoms with E-state index < -0.39 is 0 Å². The molecule has 0 heterocycles. The van der Waals surface area contributed by atoms with E-state index in [1.54, 1.807) is 0 Å². The highest BCUT2D eigenvalue weighted by Crippen LogP contribution is 1.90. The predicted octanol–water partition coefficient (Wildman–Crippen LogP) is 0.00270. The van der Waals surface area contributed by atoms with Gasteiger partial charge in [-0.15, -0.1) is 0 Å². The maximum absolute atomic E-state index is 3.33. The van der Waals surface area contributed by atoms with Crippen molar-refractivity contribution in [3.63, 3.8) is 0 Å². The van der Waals surface area contributed by atoms with Gasteiger partial charge in [-0.2, -0.15) is 0 Å². The SMILES string of the molecule is CCNC(N(C)C)N(C)C. The molecule has 3 heteroatoms. The maximum Gasteiger partial charge on any atom is 0.116 e. The maximum atomic E-state index is 3.33. The van der Waals surface area contributed by atoms with E-state index in [1.807, 2.05) is 0 Å². The van der Waals surface area contributed by atoms with E-state index in [-0.39, 0.29) is 0 Å². The first-order valence-electron chi connectivity index (χ1n) is 3.65. The van der Waals surface area contributed by atoms with Crippen molar-refractivity contribution >= 4 is 0 Å². The van der Waals surface area contributed by atoms with Gasteiger partial charge in [0.05, 0.1) is 0 Å². The third-order valence-corrected chi connectivity index (χ3v) is 1.36. The molecule has 62 valence electrons. The third-order valence-electron chi connectivity index (χ3n) is 1.36. The lowest BCUT2D eigenvalue weighted by molar-refractivity contribution is 0.0977.